The van der Waals surface area contributed by atoms with E-state index in [0.29, 0.717) is 23.3 Å². The molecule has 62 heavy (non-hydrogen) atoms. The second-order valence-corrected chi connectivity index (χ2v) is 15.6. The van der Waals surface area contributed by atoms with Gasteiger partial charge in [0, 0.05) is 55.8 Å². The van der Waals surface area contributed by atoms with Crippen LogP contribution in [0.2, 0.25) is 0 Å². The van der Waals surface area contributed by atoms with Gasteiger partial charge in [0.1, 0.15) is 5.58 Å². The summed E-state index contributed by atoms with van der Waals surface area (Å²) >= 11 is 0. The Morgan fingerprint density at radius 2 is 0.919 bits per heavy atom. The van der Waals surface area contributed by atoms with Crippen LogP contribution in [0.25, 0.3) is 90.0 Å². The number of para-hydroxylation sites is 1. The van der Waals surface area contributed by atoms with Crippen molar-refractivity contribution in [2.24, 2.45) is 0 Å². The molecule has 1 aliphatic carbocycles. The van der Waals surface area contributed by atoms with Crippen molar-refractivity contribution in [2.75, 3.05) is 4.90 Å². The van der Waals surface area contributed by atoms with Crippen LogP contribution in [0.4, 0.5) is 11.4 Å². The molecule has 0 fully saturated rings. The second-order valence-electron chi connectivity index (χ2n) is 15.6. The first-order valence-corrected chi connectivity index (χ1v) is 20.8. The van der Waals surface area contributed by atoms with Gasteiger partial charge < -0.3 is 9.32 Å². The average Bonchev–Trinajstić information content (AvgIpc) is 3.91. The zero-order chi connectivity index (χ0) is 41.0. The highest BCUT2D eigenvalue weighted by Gasteiger charge is 2.42. The van der Waals surface area contributed by atoms with E-state index in [1.54, 1.807) is 0 Å². The first kappa shape index (κ1) is 35.6. The summed E-state index contributed by atoms with van der Waals surface area (Å²) in [5.41, 5.74) is 12.5. The van der Waals surface area contributed by atoms with Crippen molar-refractivity contribution in [3.05, 3.63) is 212 Å². The van der Waals surface area contributed by atoms with Gasteiger partial charge in [-0.1, -0.05) is 164 Å². The predicted molar refractivity (Wildman–Crippen MR) is 249 cm³/mol. The highest BCUT2D eigenvalue weighted by Crippen LogP contribution is 2.55. The Labute approximate surface area is 358 Å². The second kappa shape index (κ2) is 14.8. The Hall–Kier alpha value is -8.29. The minimum absolute atomic E-state index is 0.0167. The van der Waals surface area contributed by atoms with Gasteiger partial charge in [-0.2, -0.15) is 0 Å². The molecule has 0 bridgehead atoms. The van der Waals surface area contributed by atoms with Crippen molar-refractivity contribution in [3.8, 4) is 68.1 Å². The number of furan rings is 1. The number of hydrogen-bond donors (Lipinski definition) is 0. The van der Waals surface area contributed by atoms with Gasteiger partial charge in [0.05, 0.1) is 23.1 Å². The molecular weight excluding hydrogens is 761 g/mol. The van der Waals surface area contributed by atoms with Gasteiger partial charge in [0.25, 0.3) is 0 Å². The number of allylic oxidation sites excluding steroid dienone is 2. The molecule has 0 spiro atoms. The third-order valence-electron chi connectivity index (χ3n) is 11.9. The van der Waals surface area contributed by atoms with Gasteiger partial charge in [0.15, 0.2) is 28.9 Å². The number of aromatic nitrogens is 5. The molecule has 0 amide bonds. The van der Waals surface area contributed by atoms with Gasteiger partial charge in [-0.3, -0.25) is 0 Å². The van der Waals surface area contributed by atoms with Crippen molar-refractivity contribution in [1.29, 1.82) is 0 Å². The molecule has 1 aliphatic heterocycles. The fraction of sp³-hybridized carbons (Fsp3) is 0.0364. The van der Waals surface area contributed by atoms with Crippen molar-refractivity contribution in [1.82, 2.24) is 24.9 Å². The van der Waals surface area contributed by atoms with Crippen LogP contribution >= 0.6 is 0 Å². The van der Waals surface area contributed by atoms with Gasteiger partial charge in [-0.25, -0.2) is 24.9 Å². The molecule has 4 heterocycles. The molecule has 7 aromatic carbocycles. The maximum atomic E-state index is 6.88. The van der Waals surface area contributed by atoms with Crippen LogP contribution in [0, 0.1) is 0 Å². The standard InChI is InChI=1S/C55H36N6O/c1-5-17-35(18-6-1)45-34-46(57-52(56-45)36-19-7-2-8-20-36)44-33-43-41-25-14-16-28-48(41)62-51(43)50-49(44)42-26-13-15-27-47(42)61(50)40-31-29-39(30-32-40)55-59-53(37-21-9-3-10-22-37)58-54(60-55)38-23-11-4-12-24-38/h1-34,42,47H. The summed E-state index contributed by atoms with van der Waals surface area (Å²) in [5, 5.41) is 2.09. The largest absolute Gasteiger partial charge is 0.454 e. The Morgan fingerprint density at radius 3 is 1.53 bits per heavy atom. The molecule has 0 N–H and O–H groups in total. The van der Waals surface area contributed by atoms with E-state index in [0.717, 1.165) is 78.1 Å². The van der Waals surface area contributed by atoms with E-state index in [2.05, 4.69) is 120 Å². The summed E-state index contributed by atoms with van der Waals surface area (Å²) in [6.07, 6.45) is 8.92. The summed E-state index contributed by atoms with van der Waals surface area (Å²) in [7, 11) is 0. The number of benzene rings is 7. The van der Waals surface area contributed by atoms with Crippen LogP contribution in [0.1, 0.15) is 11.5 Å². The van der Waals surface area contributed by atoms with E-state index in [-0.39, 0.29) is 12.0 Å². The van der Waals surface area contributed by atoms with Crippen LogP contribution in [0.15, 0.2) is 211 Å². The summed E-state index contributed by atoms with van der Waals surface area (Å²) in [4.78, 5) is 27.9. The zero-order valence-corrected chi connectivity index (χ0v) is 33.4. The van der Waals surface area contributed by atoms with Crippen LogP contribution in [0.5, 0.6) is 0 Å². The molecule has 2 atom stereocenters. The van der Waals surface area contributed by atoms with Crippen molar-refractivity contribution < 1.29 is 4.42 Å². The van der Waals surface area contributed by atoms with Crippen molar-refractivity contribution in [3.63, 3.8) is 0 Å². The lowest BCUT2D eigenvalue weighted by atomic mass is 9.86. The first-order valence-electron chi connectivity index (χ1n) is 20.8. The lowest BCUT2D eigenvalue weighted by Crippen LogP contribution is -2.28. The van der Waals surface area contributed by atoms with E-state index in [4.69, 9.17) is 29.3 Å². The molecule has 0 saturated heterocycles. The number of hydrogen-bond acceptors (Lipinski definition) is 7. The predicted octanol–water partition coefficient (Wildman–Crippen LogP) is 13.3. The SMILES string of the molecule is C1=CC2c3c(-c4cc(-c5ccccc5)nc(-c5ccccc5)n4)cc4c(oc5ccccc54)c3N(c3ccc(-c4nc(-c5ccccc5)nc(-c5ccccc5)n4)cc3)C2C=C1. The van der Waals surface area contributed by atoms with E-state index < -0.39 is 0 Å². The molecule has 2 aliphatic rings. The molecule has 7 heteroatoms. The minimum atomic E-state index is -0.0195. The molecule has 12 rings (SSSR count). The summed E-state index contributed by atoms with van der Waals surface area (Å²) in [6, 6.07) is 62.0. The number of nitrogens with zero attached hydrogens (tertiary/aromatic N) is 6. The fourth-order valence-electron chi connectivity index (χ4n) is 8.97. The Kier molecular flexibility index (Phi) is 8.49. The van der Waals surface area contributed by atoms with Gasteiger partial charge in [-0.05, 0) is 48.0 Å². The van der Waals surface area contributed by atoms with Crippen molar-refractivity contribution in [2.45, 2.75) is 12.0 Å². The zero-order valence-electron chi connectivity index (χ0n) is 33.4. The summed E-state index contributed by atoms with van der Waals surface area (Å²) in [6.45, 7) is 0. The van der Waals surface area contributed by atoms with Gasteiger partial charge in [0.2, 0.25) is 0 Å². The summed E-state index contributed by atoms with van der Waals surface area (Å²) < 4.78 is 6.88. The van der Waals surface area contributed by atoms with Crippen LogP contribution in [0.3, 0.4) is 0 Å². The Balaban J connectivity index is 1.05. The smallest absolute Gasteiger partial charge is 0.164 e. The van der Waals surface area contributed by atoms with Crippen LogP contribution in [-0.2, 0) is 0 Å². The number of fused-ring (bicyclic) bond motifs is 7. The first-order chi connectivity index (χ1) is 30.7. The van der Waals surface area contributed by atoms with Crippen molar-refractivity contribution >= 4 is 33.3 Å². The molecule has 2 unspecified atom stereocenters. The third-order valence-corrected chi connectivity index (χ3v) is 11.9. The molecule has 0 radical (unpaired) electrons. The Morgan fingerprint density at radius 1 is 0.419 bits per heavy atom. The van der Waals surface area contributed by atoms with E-state index in [1.807, 2.05) is 91.0 Å². The fourth-order valence-corrected chi connectivity index (χ4v) is 8.97. The topological polar surface area (TPSA) is 80.8 Å². The van der Waals surface area contributed by atoms with Gasteiger partial charge in [-0.15, -0.1) is 0 Å². The third kappa shape index (κ3) is 6.09. The normalized spacial score (nSPS) is 15.3. The van der Waals surface area contributed by atoms with E-state index in [9.17, 15) is 0 Å². The highest BCUT2D eigenvalue weighted by atomic mass is 16.3. The molecule has 0 saturated carbocycles. The molecule has 10 aromatic rings. The summed E-state index contributed by atoms with van der Waals surface area (Å²) in [5.74, 6) is 2.56. The lowest BCUT2D eigenvalue weighted by molar-refractivity contribution is 0.667. The molecule has 292 valence electrons. The number of rotatable bonds is 7. The molecular formula is C55H36N6O. The molecule has 7 nitrogen and oxygen atoms in total. The maximum absolute atomic E-state index is 6.88. The van der Waals surface area contributed by atoms with Crippen LogP contribution in [-0.4, -0.2) is 31.0 Å². The quantitative estimate of drug-likeness (QED) is 0.159. The average molecular weight is 797 g/mol. The number of anilines is 2. The molecule has 3 aromatic heterocycles. The maximum Gasteiger partial charge on any atom is 0.164 e. The van der Waals surface area contributed by atoms with Gasteiger partial charge >= 0.3 is 0 Å². The highest BCUT2D eigenvalue weighted by molar-refractivity contribution is 6.13. The monoisotopic (exact) mass is 796 g/mol. The lowest BCUT2D eigenvalue weighted by Gasteiger charge is -2.28. The minimum Gasteiger partial charge on any atom is -0.454 e. The van der Waals surface area contributed by atoms with E-state index >= 15 is 0 Å². The van der Waals surface area contributed by atoms with E-state index in [1.165, 1.54) is 5.56 Å². The van der Waals surface area contributed by atoms with Crippen LogP contribution < -0.4 is 4.90 Å². The Bertz CT molecular complexity index is 3230.